The van der Waals surface area contributed by atoms with Crippen LogP contribution in [0.25, 0.3) is 0 Å². The number of hydrogen-bond acceptors (Lipinski definition) is 1. The van der Waals surface area contributed by atoms with Crippen LogP contribution in [-0.2, 0) is 0 Å². The zero-order valence-electron chi connectivity index (χ0n) is 17.8. The summed E-state index contributed by atoms with van der Waals surface area (Å²) < 4.78 is 0. The molecule has 2 nitrogen and oxygen atoms in total. The molecule has 2 rings (SSSR count). The summed E-state index contributed by atoms with van der Waals surface area (Å²) in [6, 6.07) is 21.9. The highest BCUT2D eigenvalue weighted by Crippen LogP contribution is 2.15. The summed E-state index contributed by atoms with van der Waals surface area (Å²) in [5.41, 5.74) is 2.63. The van der Waals surface area contributed by atoms with Gasteiger partial charge in [-0.05, 0) is 43.2 Å². The molecule has 0 saturated carbocycles. The van der Waals surface area contributed by atoms with Crippen LogP contribution in [0.3, 0.4) is 0 Å². The molecule has 0 amide bonds. The average Bonchev–Trinajstić information content (AvgIpc) is 2.74. The van der Waals surface area contributed by atoms with Crippen molar-refractivity contribution in [3.63, 3.8) is 0 Å². The molecule has 0 bridgehead atoms. The number of nitrogens with one attached hydrogen (secondary N) is 2. The monoisotopic (exact) mass is 397 g/mol. The second-order valence-electron chi connectivity index (χ2n) is 7.50. The van der Waals surface area contributed by atoms with Gasteiger partial charge in [0.2, 0.25) is 0 Å². The molecule has 2 aromatic carbocycles. The van der Waals surface area contributed by atoms with Crippen LogP contribution in [0.2, 0.25) is 0 Å². The van der Waals surface area contributed by atoms with Gasteiger partial charge < -0.3 is 0 Å². The Bertz CT molecular complexity index is 669. The largest absolute Gasteiger partial charge is 0.305 e. The van der Waals surface area contributed by atoms with E-state index in [9.17, 15) is 0 Å². The van der Waals surface area contributed by atoms with Crippen LogP contribution in [0.4, 0.5) is 0 Å². The van der Waals surface area contributed by atoms with Gasteiger partial charge in [-0.1, -0.05) is 99.7 Å². The van der Waals surface area contributed by atoms with E-state index in [1.807, 2.05) is 11.8 Å². The second-order valence-corrected chi connectivity index (χ2v) is 8.60. The molecule has 2 aromatic rings. The van der Waals surface area contributed by atoms with Crippen LogP contribution in [0.5, 0.6) is 0 Å². The molecule has 0 heterocycles. The Morgan fingerprint density at radius 1 is 0.821 bits per heavy atom. The van der Waals surface area contributed by atoms with E-state index >= 15 is 0 Å². The molecule has 0 aliphatic rings. The van der Waals surface area contributed by atoms with E-state index in [-0.39, 0.29) is 12.1 Å². The van der Waals surface area contributed by atoms with Crippen LogP contribution in [0, 0.1) is 0 Å². The Balaban J connectivity index is 1.95. The normalized spacial score (nSPS) is 13.9. The lowest BCUT2D eigenvalue weighted by Crippen LogP contribution is -2.76. The number of amidine groups is 1. The van der Waals surface area contributed by atoms with Gasteiger partial charge in [-0.15, -0.1) is 0 Å². The first kappa shape index (κ1) is 22.5. The van der Waals surface area contributed by atoms with Crippen LogP contribution < -0.4 is 10.3 Å². The maximum absolute atomic E-state index is 3.71. The number of unbranched alkanes of at least 4 members (excludes halogenated alkanes) is 5. The molecule has 0 aliphatic heterocycles. The van der Waals surface area contributed by atoms with Crippen LogP contribution >= 0.6 is 11.8 Å². The van der Waals surface area contributed by atoms with Gasteiger partial charge in [-0.3, -0.25) is 10.3 Å². The SMILES string of the molecule is CCCCCCCCSC(N[C@@H](C)c1ccccc1)=[NH+][C@@H](C)c1ccccc1. The van der Waals surface area contributed by atoms with Crippen molar-refractivity contribution in [1.82, 2.24) is 5.32 Å². The second kappa shape index (κ2) is 13.4. The molecule has 3 heteroatoms. The van der Waals surface area contributed by atoms with E-state index in [0.29, 0.717) is 0 Å². The first-order valence-electron chi connectivity index (χ1n) is 10.8. The van der Waals surface area contributed by atoms with E-state index < -0.39 is 0 Å². The van der Waals surface area contributed by atoms with Crippen molar-refractivity contribution in [3.05, 3.63) is 71.8 Å². The average molecular weight is 398 g/mol. The first-order chi connectivity index (χ1) is 13.7. The maximum Gasteiger partial charge on any atom is 0.305 e. The van der Waals surface area contributed by atoms with E-state index in [1.165, 1.54) is 54.8 Å². The molecule has 2 N–H and O–H groups in total. The molecule has 0 aromatic heterocycles. The van der Waals surface area contributed by atoms with Crippen molar-refractivity contribution >= 4 is 16.9 Å². The summed E-state index contributed by atoms with van der Waals surface area (Å²) in [6.45, 7) is 6.74. The topological polar surface area (TPSA) is 26.0 Å². The Morgan fingerprint density at radius 2 is 1.39 bits per heavy atom. The van der Waals surface area contributed by atoms with Crippen molar-refractivity contribution in [1.29, 1.82) is 0 Å². The minimum Gasteiger partial charge on any atom is -0.262 e. The van der Waals surface area contributed by atoms with E-state index in [2.05, 4.69) is 91.7 Å². The predicted octanol–water partition coefficient (Wildman–Crippen LogP) is 5.63. The third-order valence-electron chi connectivity index (χ3n) is 5.04. The Hall–Kier alpha value is -1.74. The Morgan fingerprint density at radius 3 is 2.04 bits per heavy atom. The lowest BCUT2D eigenvalue weighted by atomic mass is 10.1. The molecular formula is C25H37N2S+. The van der Waals surface area contributed by atoms with Crippen LogP contribution in [0.15, 0.2) is 60.7 Å². The van der Waals surface area contributed by atoms with E-state index in [0.717, 1.165) is 5.75 Å². The summed E-state index contributed by atoms with van der Waals surface area (Å²) in [4.78, 5) is 3.71. The Kier molecular flexibility index (Phi) is 10.8. The van der Waals surface area contributed by atoms with Gasteiger partial charge in [0.15, 0.2) is 0 Å². The number of rotatable bonds is 11. The molecule has 152 valence electrons. The smallest absolute Gasteiger partial charge is 0.262 e. The summed E-state index contributed by atoms with van der Waals surface area (Å²) in [6.07, 6.45) is 8.05. The first-order valence-corrected chi connectivity index (χ1v) is 11.8. The molecule has 2 atom stereocenters. The fourth-order valence-electron chi connectivity index (χ4n) is 3.23. The highest BCUT2D eigenvalue weighted by atomic mass is 32.2. The van der Waals surface area contributed by atoms with E-state index in [4.69, 9.17) is 0 Å². The predicted molar refractivity (Wildman–Crippen MR) is 125 cm³/mol. The van der Waals surface area contributed by atoms with Gasteiger partial charge in [0.05, 0.1) is 0 Å². The zero-order chi connectivity index (χ0) is 20.0. The third kappa shape index (κ3) is 8.52. The molecular weight excluding hydrogens is 360 g/mol. The Labute approximate surface area is 176 Å². The van der Waals surface area contributed by atoms with Gasteiger partial charge in [0, 0.05) is 5.75 Å². The lowest BCUT2D eigenvalue weighted by Gasteiger charge is -2.13. The van der Waals surface area contributed by atoms with Gasteiger partial charge in [0.25, 0.3) is 0 Å². The summed E-state index contributed by atoms with van der Waals surface area (Å²) >= 11 is 1.93. The molecule has 0 saturated heterocycles. The van der Waals surface area contributed by atoms with Crippen molar-refractivity contribution in [2.45, 2.75) is 71.4 Å². The quantitative estimate of drug-likeness (QED) is 0.292. The summed E-state index contributed by atoms with van der Waals surface area (Å²) in [5, 5.41) is 4.90. The lowest BCUT2D eigenvalue weighted by molar-refractivity contribution is -0.504. The molecule has 0 aliphatic carbocycles. The highest BCUT2D eigenvalue weighted by Gasteiger charge is 2.17. The van der Waals surface area contributed by atoms with Gasteiger partial charge >= 0.3 is 5.17 Å². The number of benzene rings is 2. The summed E-state index contributed by atoms with van der Waals surface area (Å²) in [5.74, 6) is 1.16. The van der Waals surface area contributed by atoms with Crippen molar-refractivity contribution in [2.75, 3.05) is 5.75 Å². The molecule has 28 heavy (non-hydrogen) atoms. The van der Waals surface area contributed by atoms with Gasteiger partial charge in [-0.2, -0.15) is 0 Å². The van der Waals surface area contributed by atoms with E-state index in [1.54, 1.807) is 0 Å². The van der Waals surface area contributed by atoms with Crippen LogP contribution in [-0.4, -0.2) is 10.9 Å². The van der Waals surface area contributed by atoms with Gasteiger partial charge in [-0.25, -0.2) is 0 Å². The number of thioether (sulfide) groups is 1. The molecule has 0 fully saturated rings. The fourth-order valence-corrected chi connectivity index (χ4v) is 4.30. The molecule has 0 unspecified atom stereocenters. The van der Waals surface area contributed by atoms with Crippen LogP contribution in [0.1, 0.15) is 82.5 Å². The van der Waals surface area contributed by atoms with Gasteiger partial charge in [0.1, 0.15) is 12.1 Å². The van der Waals surface area contributed by atoms with Crippen molar-refractivity contribution in [3.8, 4) is 0 Å². The van der Waals surface area contributed by atoms with Crippen molar-refractivity contribution in [2.24, 2.45) is 0 Å². The summed E-state index contributed by atoms with van der Waals surface area (Å²) in [7, 11) is 0. The molecule has 0 spiro atoms. The molecule has 0 radical (unpaired) electrons. The zero-order valence-corrected chi connectivity index (χ0v) is 18.6. The standard InChI is InChI=1S/C25H36N2S/c1-4-5-6-7-8-15-20-28-25(26-21(2)23-16-11-9-12-17-23)27-22(3)24-18-13-10-14-19-24/h9-14,16-19,21-22H,4-8,15,20H2,1-3H3,(H,26,27)/p+1/t21-,22-/m0/s1. The maximum atomic E-state index is 3.71. The minimum atomic E-state index is 0.281. The minimum absolute atomic E-state index is 0.281. The fraction of sp³-hybridized carbons (Fsp3) is 0.480. The highest BCUT2D eigenvalue weighted by molar-refractivity contribution is 8.13. The van der Waals surface area contributed by atoms with Crippen molar-refractivity contribution < 1.29 is 4.99 Å². The number of hydrogen-bond donors (Lipinski definition) is 2. The third-order valence-corrected chi connectivity index (χ3v) is 6.06.